The van der Waals surface area contributed by atoms with E-state index in [2.05, 4.69) is 45.5 Å². The van der Waals surface area contributed by atoms with Gasteiger partial charge in [-0.25, -0.2) is 0 Å². The molecule has 0 radical (unpaired) electrons. The first-order chi connectivity index (χ1) is 13.3. The fourth-order valence-corrected chi connectivity index (χ4v) is 2.12. The van der Waals surface area contributed by atoms with Crippen LogP contribution in [-0.4, -0.2) is 11.6 Å². The Morgan fingerprint density at radius 2 is 1.22 bits per heavy atom. The molecule has 1 N–H and O–H groups in total. The minimum atomic E-state index is 0.0823. The highest BCUT2D eigenvalue weighted by Crippen LogP contribution is 2.17. The quantitative estimate of drug-likeness (QED) is 0.471. The zero-order chi connectivity index (χ0) is 21.5. The molecule has 0 unspecified atom stereocenters. The summed E-state index contributed by atoms with van der Waals surface area (Å²) in [6.07, 6.45) is 0.525. The second-order valence-corrected chi connectivity index (χ2v) is 4.74. The van der Waals surface area contributed by atoms with Crippen molar-refractivity contribution in [2.24, 2.45) is 0 Å². The van der Waals surface area contributed by atoms with Crippen molar-refractivity contribution in [1.82, 2.24) is 5.32 Å². The van der Waals surface area contributed by atoms with Gasteiger partial charge in [0.05, 0.1) is 0 Å². The van der Waals surface area contributed by atoms with Gasteiger partial charge in [-0.2, -0.15) is 0 Å². The van der Waals surface area contributed by atoms with Gasteiger partial charge >= 0.3 is 0 Å². The molecule has 2 nitrogen and oxygen atoms in total. The molecule has 154 valence electrons. The monoisotopic (exact) mass is 437 g/mol. The topological polar surface area (TPSA) is 29.1 Å². The Balaban J connectivity index is -0.000000638. The maximum Gasteiger partial charge on any atom is 0.131 e. The number of carbonyl (C=O) groups is 1. The van der Waals surface area contributed by atoms with E-state index in [-0.39, 0.29) is 11.8 Å². The van der Waals surface area contributed by atoms with Crippen molar-refractivity contribution >= 4 is 21.7 Å². The van der Waals surface area contributed by atoms with Gasteiger partial charge in [0.25, 0.3) is 0 Å². The first-order valence-corrected chi connectivity index (χ1v) is 11.5. The number of Topliss-reactive ketones (excluding diaryl/α,β-unsaturated/α-hetero) is 1. The average molecular weight is 438 g/mol. The van der Waals surface area contributed by atoms with Crippen molar-refractivity contribution in [2.45, 2.75) is 67.5 Å². The van der Waals surface area contributed by atoms with Gasteiger partial charge in [-0.15, -0.1) is 0 Å². The molecule has 0 bridgehead atoms. The molecule has 3 heteroatoms. The molecule has 2 aromatic carbocycles. The van der Waals surface area contributed by atoms with Gasteiger partial charge in [-0.3, -0.25) is 4.79 Å². The fraction of sp³-hybridized carbons (Fsp3) is 0.458. The van der Waals surface area contributed by atoms with E-state index >= 15 is 0 Å². The van der Waals surface area contributed by atoms with E-state index in [1.54, 1.807) is 6.92 Å². The lowest BCUT2D eigenvalue weighted by Crippen LogP contribution is -2.22. The van der Waals surface area contributed by atoms with E-state index in [9.17, 15) is 4.79 Å². The predicted molar refractivity (Wildman–Crippen MR) is 127 cm³/mol. The van der Waals surface area contributed by atoms with Crippen LogP contribution in [0.15, 0.2) is 60.7 Å². The third-order valence-electron chi connectivity index (χ3n) is 3.09. The van der Waals surface area contributed by atoms with E-state index in [0.29, 0.717) is 6.42 Å². The average Bonchev–Trinajstić information content (AvgIpc) is 2.78. The van der Waals surface area contributed by atoms with Gasteiger partial charge in [-0.05, 0) is 23.9 Å². The van der Waals surface area contributed by atoms with Crippen LogP contribution in [0.25, 0.3) is 0 Å². The van der Waals surface area contributed by atoms with Crippen molar-refractivity contribution in [3.63, 3.8) is 0 Å². The Morgan fingerprint density at radius 3 is 1.63 bits per heavy atom. The molecule has 0 saturated carbocycles. The van der Waals surface area contributed by atoms with Crippen molar-refractivity contribution in [2.75, 3.05) is 5.83 Å². The summed E-state index contributed by atoms with van der Waals surface area (Å²) in [6.45, 7) is 14.4. The predicted octanol–water partition coefficient (Wildman–Crippen LogP) is 7.59. The lowest BCUT2D eigenvalue weighted by molar-refractivity contribution is -0.117. The summed E-state index contributed by atoms with van der Waals surface area (Å²) in [6, 6.07) is 20.4. The van der Waals surface area contributed by atoms with Crippen molar-refractivity contribution in [3.8, 4) is 0 Å². The van der Waals surface area contributed by atoms with Gasteiger partial charge in [0.2, 0.25) is 0 Å². The van der Waals surface area contributed by atoms with Crippen LogP contribution < -0.4 is 5.32 Å². The number of halogens is 1. The van der Waals surface area contributed by atoms with Crippen LogP contribution in [0.1, 0.15) is 72.1 Å². The molecule has 0 heterocycles. The molecule has 0 aromatic heterocycles. The third-order valence-corrected chi connectivity index (χ3v) is 3.09. The summed E-state index contributed by atoms with van der Waals surface area (Å²) in [5.74, 6) is 2.02. The highest BCUT2D eigenvalue weighted by molar-refractivity contribution is 9.08. The summed E-state index contributed by atoms with van der Waals surface area (Å²) in [7, 11) is 0. The van der Waals surface area contributed by atoms with E-state index in [1.807, 2.05) is 83.8 Å². The molecule has 2 aromatic rings. The van der Waals surface area contributed by atoms with E-state index in [0.717, 1.165) is 12.1 Å². The maximum absolute atomic E-state index is 11.4. The Labute approximate surface area is 176 Å². The largest absolute Gasteiger partial charge is 0.305 e. The second kappa shape index (κ2) is 24.6. The van der Waals surface area contributed by atoms with Crippen molar-refractivity contribution in [1.29, 1.82) is 0 Å². The number of nitrogens with one attached hydrogen (secondary N) is 1. The summed E-state index contributed by atoms with van der Waals surface area (Å²) in [5.41, 5.74) is 2.39. The van der Waals surface area contributed by atoms with Gasteiger partial charge < -0.3 is 5.32 Å². The van der Waals surface area contributed by atoms with Crippen LogP contribution in [0, 0.1) is 0 Å². The van der Waals surface area contributed by atoms with E-state index < -0.39 is 0 Å². The third kappa shape index (κ3) is 16.4. The number of benzene rings is 2. The highest BCUT2D eigenvalue weighted by atomic mass is 79.9. The smallest absolute Gasteiger partial charge is 0.131 e. The molecule has 0 aliphatic heterocycles. The van der Waals surface area contributed by atoms with E-state index in [1.165, 1.54) is 5.56 Å². The summed E-state index contributed by atoms with van der Waals surface area (Å²) >= 11 is 2.94. The molecular weight excluding hydrogens is 398 g/mol. The van der Waals surface area contributed by atoms with Gasteiger partial charge in [-0.1, -0.05) is 118 Å². The van der Waals surface area contributed by atoms with Crippen molar-refractivity contribution in [3.05, 3.63) is 71.8 Å². The molecule has 0 saturated heterocycles. The molecule has 0 aliphatic rings. The molecule has 1 atom stereocenters. The molecule has 0 aliphatic carbocycles. The minimum absolute atomic E-state index is 0.0823. The van der Waals surface area contributed by atoms with Crippen LogP contribution in [0.2, 0.25) is 0 Å². The lowest BCUT2D eigenvalue weighted by Gasteiger charge is -2.18. The summed E-state index contributed by atoms with van der Waals surface area (Å²) in [5, 5.41) is 3.46. The molecule has 2 rings (SSSR count). The number of rotatable bonds is 6. The normalized spacial score (nSPS) is 9.37. The number of carbonyl (C=O) groups excluding carboxylic acids is 1. The van der Waals surface area contributed by atoms with E-state index in [4.69, 9.17) is 0 Å². The first-order valence-electron chi connectivity index (χ1n) is 9.95. The van der Waals surface area contributed by atoms with Crippen molar-refractivity contribution < 1.29 is 4.79 Å². The Kier molecular flexibility index (Phi) is 27.5. The fourth-order valence-electron chi connectivity index (χ4n) is 2.12. The number of alkyl halides is 1. The number of ketones is 1. The minimum Gasteiger partial charge on any atom is -0.305 e. The number of hydrogen-bond donors (Lipinski definition) is 1. The maximum atomic E-state index is 11.4. The second-order valence-electron chi connectivity index (χ2n) is 4.74. The van der Waals surface area contributed by atoms with Gasteiger partial charge in [0, 0.05) is 19.0 Å². The molecule has 0 fully saturated rings. The lowest BCUT2D eigenvalue weighted by atomic mass is 10.0. The van der Waals surface area contributed by atoms with Crippen LogP contribution >= 0.6 is 15.9 Å². The Bertz CT molecular complexity index is 514. The Morgan fingerprint density at radius 1 is 0.815 bits per heavy atom. The zero-order valence-corrected chi connectivity index (χ0v) is 20.1. The highest BCUT2D eigenvalue weighted by Gasteiger charge is 2.12. The van der Waals surface area contributed by atoms with Crippen LogP contribution in [0.3, 0.4) is 0 Å². The summed E-state index contributed by atoms with van der Waals surface area (Å²) < 4.78 is 0. The molecular formula is C24H40BrNO. The van der Waals surface area contributed by atoms with Gasteiger partial charge in [0.15, 0.2) is 0 Å². The first kappa shape index (κ1) is 30.3. The standard InChI is InChI=1S/C17H19NO.3C2H6.CH3Br/c1-14(19)12-17(16-10-6-3-7-11-16)18-13-15-8-4-2-5-9-15;4*1-2/h2-11,17-18H,12-13H2,1H3;3*1-2H3;1H3/t17-;;;;/m0..../s1. The molecule has 0 amide bonds. The SMILES string of the molecule is CBr.CC.CC.CC.CC(=O)C[C@H](NCc1ccccc1)c1ccccc1. The van der Waals surface area contributed by atoms with Crippen LogP contribution in [0.4, 0.5) is 0 Å². The summed E-state index contributed by atoms with van der Waals surface area (Å²) in [4.78, 5) is 11.4. The molecule has 27 heavy (non-hydrogen) atoms. The zero-order valence-electron chi connectivity index (χ0n) is 18.6. The van der Waals surface area contributed by atoms with Crippen LogP contribution in [-0.2, 0) is 11.3 Å². The van der Waals surface area contributed by atoms with Crippen LogP contribution in [0.5, 0.6) is 0 Å². The Hall–Kier alpha value is -1.45. The molecule has 0 spiro atoms. The number of hydrogen-bond acceptors (Lipinski definition) is 2. The van der Waals surface area contributed by atoms with Gasteiger partial charge in [0.1, 0.15) is 5.78 Å².